The zero-order chi connectivity index (χ0) is 45.1. The van der Waals surface area contributed by atoms with Gasteiger partial charge in [0, 0.05) is 50.7 Å². The number of piperazine rings is 1. The van der Waals surface area contributed by atoms with Crippen molar-refractivity contribution in [2.45, 2.75) is 88.1 Å². The van der Waals surface area contributed by atoms with Crippen molar-refractivity contribution in [2.75, 3.05) is 44.2 Å². The van der Waals surface area contributed by atoms with Gasteiger partial charge in [-0.15, -0.1) is 0 Å². The molecule has 10 rings (SSSR count). The normalized spacial score (nSPS) is 23.3. The minimum Gasteiger partial charge on any atom is -0.490 e. The molecule has 0 aromatic heterocycles. The van der Waals surface area contributed by atoms with E-state index in [9.17, 15) is 23.6 Å². The second-order valence-corrected chi connectivity index (χ2v) is 18.3. The third-order valence-electron chi connectivity index (χ3n) is 14.2. The molecule has 2 aliphatic carbocycles. The number of ether oxygens (including phenoxy) is 3. The molecule has 0 spiro atoms. The van der Waals surface area contributed by atoms with Crippen LogP contribution in [0.25, 0.3) is 0 Å². The Morgan fingerprint density at radius 1 is 0.652 bits per heavy atom. The number of benzene rings is 5. The van der Waals surface area contributed by atoms with E-state index in [1.54, 1.807) is 24.3 Å². The van der Waals surface area contributed by atoms with Gasteiger partial charge in [-0.2, -0.15) is 0 Å². The van der Waals surface area contributed by atoms with Crippen LogP contribution in [0.15, 0.2) is 115 Å². The SMILES string of the molecule is O=C1CCC(N2C(=O)c3ccc(N4CCN(CCOC5CCC(Oc6ccc(C7c8ccc(OCc9ccccc9)cc8CCC7c7ccc(F)cc7)cc6)CC5)CC4)cc3C2=O)C(=O)N1. The van der Waals surface area contributed by atoms with E-state index in [1.807, 2.05) is 36.4 Å². The van der Waals surface area contributed by atoms with Crippen LogP contribution in [0.3, 0.4) is 0 Å². The third kappa shape index (κ3) is 9.35. The topological polar surface area (TPSA) is 118 Å². The molecule has 0 bridgehead atoms. The van der Waals surface area contributed by atoms with Crippen LogP contribution in [0.4, 0.5) is 10.1 Å². The minimum absolute atomic E-state index is 0.0906. The zero-order valence-corrected chi connectivity index (χ0v) is 37.0. The third-order valence-corrected chi connectivity index (χ3v) is 14.2. The number of hydrogen-bond acceptors (Lipinski definition) is 9. The van der Waals surface area contributed by atoms with Crippen molar-refractivity contribution in [1.82, 2.24) is 15.1 Å². The van der Waals surface area contributed by atoms with Gasteiger partial charge in [0.05, 0.1) is 29.9 Å². The van der Waals surface area contributed by atoms with Crippen molar-refractivity contribution < 1.29 is 37.8 Å². The summed E-state index contributed by atoms with van der Waals surface area (Å²) >= 11 is 0. The van der Waals surface area contributed by atoms with Crippen LogP contribution < -0.4 is 19.7 Å². The molecule has 3 fully saturated rings. The fourth-order valence-electron chi connectivity index (χ4n) is 10.6. The van der Waals surface area contributed by atoms with Gasteiger partial charge in [0.1, 0.15) is 30.0 Å². The molecule has 1 N–H and O–H groups in total. The number of carbonyl (C=O) groups excluding carboxylic acids is 4. The summed E-state index contributed by atoms with van der Waals surface area (Å²) in [6, 6.07) is 36.7. The lowest BCUT2D eigenvalue weighted by Crippen LogP contribution is -2.54. The Morgan fingerprint density at radius 3 is 2.12 bits per heavy atom. The smallest absolute Gasteiger partial charge is 0.262 e. The lowest BCUT2D eigenvalue weighted by molar-refractivity contribution is -0.136. The second kappa shape index (κ2) is 19.2. The number of piperidine rings is 1. The maximum Gasteiger partial charge on any atom is 0.262 e. The summed E-state index contributed by atoms with van der Waals surface area (Å²) < 4.78 is 33.2. The predicted octanol–water partition coefficient (Wildman–Crippen LogP) is 8.20. The summed E-state index contributed by atoms with van der Waals surface area (Å²) in [5.41, 5.74) is 7.54. The highest BCUT2D eigenvalue weighted by Crippen LogP contribution is 2.47. The Kier molecular flexibility index (Phi) is 12.7. The molecule has 1 saturated carbocycles. The van der Waals surface area contributed by atoms with Crippen molar-refractivity contribution in [1.29, 1.82) is 0 Å². The number of carbonyl (C=O) groups is 4. The van der Waals surface area contributed by atoms with Crippen molar-refractivity contribution >= 4 is 29.3 Å². The van der Waals surface area contributed by atoms with Crippen LogP contribution in [0, 0.1) is 5.82 Å². The van der Waals surface area contributed by atoms with Gasteiger partial charge >= 0.3 is 0 Å². The molecular weight excluding hydrogens is 836 g/mol. The molecule has 5 aliphatic rings. The van der Waals surface area contributed by atoms with Crippen LogP contribution >= 0.6 is 0 Å². The first-order chi connectivity index (χ1) is 32.2. The largest absolute Gasteiger partial charge is 0.490 e. The molecule has 2 saturated heterocycles. The van der Waals surface area contributed by atoms with E-state index >= 15 is 0 Å². The fraction of sp³-hybridized carbons (Fsp3) is 0.370. The summed E-state index contributed by atoms with van der Waals surface area (Å²) in [5.74, 6) is -0.142. The second-order valence-electron chi connectivity index (χ2n) is 18.3. The fourth-order valence-corrected chi connectivity index (χ4v) is 10.6. The number of nitrogens with one attached hydrogen (secondary N) is 1. The molecule has 3 unspecified atom stereocenters. The first-order valence-electron chi connectivity index (χ1n) is 23.5. The lowest BCUT2D eigenvalue weighted by atomic mass is 9.69. The monoisotopic (exact) mass is 890 g/mol. The summed E-state index contributed by atoms with van der Waals surface area (Å²) in [6.07, 6.45) is 6.21. The number of imide groups is 2. The Balaban J connectivity index is 0.688. The van der Waals surface area contributed by atoms with Crippen molar-refractivity contribution in [3.63, 3.8) is 0 Å². The highest BCUT2D eigenvalue weighted by Gasteiger charge is 2.45. The van der Waals surface area contributed by atoms with Gasteiger partial charge in [-0.1, -0.05) is 60.7 Å². The first-order valence-corrected chi connectivity index (χ1v) is 23.5. The molecule has 340 valence electrons. The standard InChI is InChI=1S/C54H55FN4O7/c55-39-11-6-36(7-12-39)45-21-10-38-32-44(65-34-35-4-2-1-3-5-35)20-23-46(38)51(45)37-8-14-42(15-9-37)66-43-18-16-41(17-19-43)64-31-30-57-26-28-58(29-27-57)40-13-22-47-48(33-40)54(63)59(53(47)62)49-24-25-50(60)56-52(49)61/h1-9,11-15,20,22-23,32-33,41,43,45,49,51H,10,16-19,21,24-31,34H2,(H,56,60,61). The summed E-state index contributed by atoms with van der Waals surface area (Å²) in [7, 11) is 0. The van der Waals surface area contributed by atoms with Crippen LogP contribution in [0.5, 0.6) is 11.5 Å². The van der Waals surface area contributed by atoms with E-state index in [4.69, 9.17) is 14.2 Å². The number of fused-ring (bicyclic) bond motifs is 2. The number of halogens is 1. The predicted molar refractivity (Wildman–Crippen MR) is 247 cm³/mol. The summed E-state index contributed by atoms with van der Waals surface area (Å²) in [5, 5.41) is 2.25. The molecule has 5 aromatic carbocycles. The highest BCUT2D eigenvalue weighted by molar-refractivity contribution is 6.23. The number of hydrogen-bond donors (Lipinski definition) is 1. The Bertz CT molecular complexity index is 2570. The van der Waals surface area contributed by atoms with E-state index in [2.05, 4.69) is 69.7 Å². The highest BCUT2D eigenvalue weighted by atomic mass is 19.1. The molecule has 3 heterocycles. The number of nitrogens with zero attached hydrogens (tertiary/aromatic N) is 3. The van der Waals surface area contributed by atoms with Gasteiger partial charge < -0.3 is 19.1 Å². The van der Waals surface area contributed by atoms with Crippen LogP contribution in [-0.2, 0) is 27.4 Å². The van der Waals surface area contributed by atoms with E-state index in [1.165, 1.54) is 16.7 Å². The average molecular weight is 891 g/mol. The van der Waals surface area contributed by atoms with Gasteiger partial charge in [0.25, 0.3) is 11.8 Å². The van der Waals surface area contributed by atoms with Gasteiger partial charge in [0.2, 0.25) is 11.8 Å². The Hall–Kier alpha value is -6.37. The summed E-state index contributed by atoms with van der Waals surface area (Å²) in [4.78, 5) is 56.2. The molecule has 66 heavy (non-hydrogen) atoms. The first kappa shape index (κ1) is 43.5. The maximum absolute atomic E-state index is 14.0. The van der Waals surface area contributed by atoms with Crippen LogP contribution in [-0.4, -0.2) is 91.0 Å². The Morgan fingerprint density at radius 2 is 1.36 bits per heavy atom. The molecule has 11 nitrogen and oxygen atoms in total. The van der Waals surface area contributed by atoms with Gasteiger partial charge in [-0.25, -0.2) is 4.39 Å². The van der Waals surface area contributed by atoms with Gasteiger partial charge in [0.15, 0.2) is 0 Å². The van der Waals surface area contributed by atoms with Crippen LogP contribution in [0.2, 0.25) is 0 Å². The average Bonchev–Trinajstić information content (AvgIpc) is 3.59. The van der Waals surface area contributed by atoms with E-state index < -0.39 is 29.7 Å². The molecule has 3 atom stereocenters. The number of aryl methyl sites for hydroxylation is 1. The van der Waals surface area contributed by atoms with Gasteiger partial charge in [-0.3, -0.25) is 34.3 Å². The zero-order valence-electron chi connectivity index (χ0n) is 37.0. The molecule has 5 aromatic rings. The lowest BCUT2D eigenvalue weighted by Gasteiger charge is -2.36. The van der Waals surface area contributed by atoms with Gasteiger partial charge in [-0.05, 0) is 133 Å². The van der Waals surface area contributed by atoms with E-state index in [-0.39, 0.29) is 42.7 Å². The number of amides is 4. The molecular formula is C54H55FN4O7. The molecule has 0 radical (unpaired) electrons. The number of rotatable bonds is 13. The van der Waals surface area contributed by atoms with Crippen LogP contribution in [0.1, 0.15) is 105 Å². The molecule has 3 aliphatic heterocycles. The number of anilines is 1. The Labute approximate surface area is 384 Å². The van der Waals surface area contributed by atoms with Crippen molar-refractivity contribution in [3.05, 3.63) is 160 Å². The molecule has 12 heteroatoms. The summed E-state index contributed by atoms with van der Waals surface area (Å²) in [6.45, 7) is 5.26. The van der Waals surface area contributed by atoms with Crippen molar-refractivity contribution in [2.24, 2.45) is 0 Å². The van der Waals surface area contributed by atoms with Crippen molar-refractivity contribution in [3.8, 4) is 11.5 Å². The molecule has 4 amide bonds. The quantitative estimate of drug-likeness (QED) is 0.117. The minimum atomic E-state index is -0.976. The maximum atomic E-state index is 14.0. The van der Waals surface area contributed by atoms with E-state index in [0.29, 0.717) is 24.3 Å². The van der Waals surface area contributed by atoms with E-state index in [0.717, 1.165) is 104 Å².